The van der Waals surface area contributed by atoms with E-state index < -0.39 is 5.97 Å². The summed E-state index contributed by atoms with van der Waals surface area (Å²) in [7, 11) is 3.06. The summed E-state index contributed by atoms with van der Waals surface area (Å²) in [6.07, 6.45) is 1.46. The molecule has 0 saturated carbocycles. The Hall–Kier alpha value is -2.52. The molecule has 0 aliphatic carbocycles. The molecule has 0 spiro atoms. The molecular formula is C18H23NO5. The number of methoxy groups -OCH3 is 2. The first-order valence-electron chi connectivity index (χ1n) is 7.60. The smallest absolute Gasteiger partial charge is 0.348 e. The van der Waals surface area contributed by atoms with E-state index in [-0.39, 0.29) is 18.8 Å². The molecule has 0 amide bonds. The van der Waals surface area contributed by atoms with Gasteiger partial charge in [0.25, 0.3) is 0 Å². The first kappa shape index (κ1) is 19.5. The lowest BCUT2D eigenvalue weighted by atomic mass is 10.1. The van der Waals surface area contributed by atoms with E-state index in [1.807, 2.05) is 19.9 Å². The van der Waals surface area contributed by atoms with Crippen LogP contribution in [0.2, 0.25) is 0 Å². The van der Waals surface area contributed by atoms with E-state index in [2.05, 4.69) is 0 Å². The predicted molar refractivity (Wildman–Crippen MR) is 89.8 cm³/mol. The molecule has 0 unspecified atom stereocenters. The van der Waals surface area contributed by atoms with Gasteiger partial charge in [-0.15, -0.1) is 0 Å². The molecule has 0 heterocycles. The van der Waals surface area contributed by atoms with E-state index >= 15 is 0 Å². The van der Waals surface area contributed by atoms with Gasteiger partial charge in [-0.3, -0.25) is 0 Å². The maximum atomic E-state index is 11.9. The molecule has 0 bridgehead atoms. The van der Waals surface area contributed by atoms with Gasteiger partial charge in [-0.2, -0.15) is 5.26 Å². The fourth-order valence-corrected chi connectivity index (χ4v) is 1.75. The van der Waals surface area contributed by atoms with Crippen molar-refractivity contribution in [3.8, 4) is 17.6 Å². The molecule has 0 aliphatic heterocycles. The Morgan fingerprint density at radius 2 is 2.00 bits per heavy atom. The van der Waals surface area contributed by atoms with Gasteiger partial charge in [0.05, 0.1) is 20.3 Å². The Kier molecular flexibility index (Phi) is 8.37. The van der Waals surface area contributed by atoms with Crippen LogP contribution in [0.4, 0.5) is 0 Å². The van der Waals surface area contributed by atoms with Crippen LogP contribution in [0, 0.1) is 17.2 Å². The third kappa shape index (κ3) is 6.31. The Morgan fingerprint density at radius 3 is 2.58 bits per heavy atom. The van der Waals surface area contributed by atoms with E-state index in [1.165, 1.54) is 13.2 Å². The normalized spacial score (nSPS) is 11.1. The van der Waals surface area contributed by atoms with Gasteiger partial charge in [-0.05, 0) is 29.7 Å². The fraction of sp³-hybridized carbons (Fsp3) is 0.444. The Bertz CT molecular complexity index is 616. The van der Waals surface area contributed by atoms with Crippen molar-refractivity contribution in [2.75, 3.05) is 34.0 Å². The zero-order chi connectivity index (χ0) is 17.9. The van der Waals surface area contributed by atoms with Gasteiger partial charge in [-0.1, -0.05) is 19.9 Å². The minimum Gasteiger partial charge on any atom is -0.493 e. The van der Waals surface area contributed by atoms with Crippen molar-refractivity contribution in [2.24, 2.45) is 5.92 Å². The van der Waals surface area contributed by atoms with Crippen LogP contribution >= 0.6 is 0 Å². The van der Waals surface area contributed by atoms with Crippen LogP contribution in [0.5, 0.6) is 11.5 Å². The van der Waals surface area contributed by atoms with Gasteiger partial charge in [0.1, 0.15) is 18.2 Å². The molecule has 0 saturated heterocycles. The van der Waals surface area contributed by atoms with E-state index in [9.17, 15) is 4.79 Å². The molecule has 0 N–H and O–H groups in total. The Balaban J connectivity index is 2.96. The average Bonchev–Trinajstić information content (AvgIpc) is 2.57. The lowest BCUT2D eigenvalue weighted by molar-refractivity contribution is -0.139. The number of benzene rings is 1. The van der Waals surface area contributed by atoms with Gasteiger partial charge in [0.2, 0.25) is 0 Å². The SMILES string of the molecule is COCCOC(=O)/C(C#N)=C/c1ccc(OC)c(OCC(C)C)c1. The van der Waals surface area contributed by atoms with Gasteiger partial charge >= 0.3 is 5.97 Å². The summed E-state index contributed by atoms with van der Waals surface area (Å²) in [6.45, 7) is 4.99. The van der Waals surface area contributed by atoms with Crippen molar-refractivity contribution < 1.29 is 23.7 Å². The third-order valence-electron chi connectivity index (χ3n) is 2.93. The molecule has 1 aromatic carbocycles. The van der Waals surface area contributed by atoms with Gasteiger partial charge in [0.15, 0.2) is 11.5 Å². The van der Waals surface area contributed by atoms with Crippen molar-refractivity contribution in [3.63, 3.8) is 0 Å². The van der Waals surface area contributed by atoms with E-state index in [4.69, 9.17) is 24.2 Å². The number of ether oxygens (including phenoxy) is 4. The number of nitriles is 1. The van der Waals surface area contributed by atoms with Crippen LogP contribution < -0.4 is 9.47 Å². The van der Waals surface area contributed by atoms with Crippen molar-refractivity contribution in [2.45, 2.75) is 13.8 Å². The number of carbonyl (C=O) groups excluding carboxylic acids is 1. The Labute approximate surface area is 142 Å². The maximum absolute atomic E-state index is 11.9. The van der Waals surface area contributed by atoms with Crippen LogP contribution in [-0.4, -0.2) is 40.0 Å². The largest absolute Gasteiger partial charge is 0.493 e. The lowest BCUT2D eigenvalue weighted by Crippen LogP contribution is -2.11. The van der Waals surface area contributed by atoms with Crippen molar-refractivity contribution >= 4 is 12.0 Å². The molecule has 0 atom stereocenters. The summed E-state index contributed by atoms with van der Waals surface area (Å²) in [5.74, 6) is 0.827. The first-order chi connectivity index (χ1) is 11.5. The second-order valence-electron chi connectivity index (χ2n) is 5.41. The van der Waals surface area contributed by atoms with Gasteiger partial charge in [-0.25, -0.2) is 4.79 Å². The minimum absolute atomic E-state index is 0.0916. The van der Waals surface area contributed by atoms with Crippen molar-refractivity contribution in [1.29, 1.82) is 5.26 Å². The number of esters is 1. The van der Waals surface area contributed by atoms with Crippen LogP contribution in [-0.2, 0) is 14.3 Å². The predicted octanol–water partition coefficient (Wildman–Crippen LogP) is 2.83. The van der Waals surface area contributed by atoms with Crippen molar-refractivity contribution in [3.05, 3.63) is 29.3 Å². The summed E-state index contributed by atoms with van der Waals surface area (Å²) in [5, 5.41) is 9.15. The number of nitrogens with zero attached hydrogens (tertiary/aromatic N) is 1. The highest BCUT2D eigenvalue weighted by molar-refractivity contribution is 5.97. The zero-order valence-corrected chi connectivity index (χ0v) is 14.5. The molecule has 24 heavy (non-hydrogen) atoms. The average molecular weight is 333 g/mol. The fourth-order valence-electron chi connectivity index (χ4n) is 1.75. The minimum atomic E-state index is -0.685. The number of rotatable bonds is 9. The van der Waals surface area contributed by atoms with Crippen LogP contribution in [0.1, 0.15) is 19.4 Å². The van der Waals surface area contributed by atoms with Crippen molar-refractivity contribution in [1.82, 2.24) is 0 Å². The summed E-state index contributed by atoms with van der Waals surface area (Å²) >= 11 is 0. The zero-order valence-electron chi connectivity index (χ0n) is 14.5. The van der Waals surface area contributed by atoms with Crippen LogP contribution in [0.15, 0.2) is 23.8 Å². The highest BCUT2D eigenvalue weighted by Crippen LogP contribution is 2.29. The van der Waals surface area contributed by atoms with E-state index in [0.29, 0.717) is 29.6 Å². The summed E-state index contributed by atoms with van der Waals surface area (Å²) in [6, 6.07) is 7.04. The van der Waals surface area contributed by atoms with Crippen LogP contribution in [0.3, 0.4) is 0 Å². The number of hydrogen-bond donors (Lipinski definition) is 0. The maximum Gasteiger partial charge on any atom is 0.348 e. The first-order valence-corrected chi connectivity index (χ1v) is 7.60. The summed E-state index contributed by atoms with van der Waals surface area (Å²) < 4.78 is 20.7. The highest BCUT2D eigenvalue weighted by Gasteiger charge is 2.12. The van der Waals surface area contributed by atoms with Crippen LogP contribution in [0.25, 0.3) is 6.08 Å². The van der Waals surface area contributed by atoms with Gasteiger partial charge in [0, 0.05) is 7.11 Å². The molecule has 130 valence electrons. The quantitative estimate of drug-likeness (QED) is 0.299. The second kappa shape index (κ2) is 10.3. The van der Waals surface area contributed by atoms with E-state index in [1.54, 1.807) is 25.3 Å². The van der Waals surface area contributed by atoms with E-state index in [0.717, 1.165) is 0 Å². The third-order valence-corrected chi connectivity index (χ3v) is 2.93. The topological polar surface area (TPSA) is 77.8 Å². The standard InChI is InChI=1S/C18H23NO5/c1-13(2)12-24-17-10-14(5-6-16(17)22-4)9-15(11-19)18(20)23-8-7-21-3/h5-6,9-10,13H,7-8,12H2,1-4H3/b15-9+. The molecule has 0 aliphatic rings. The molecule has 0 fully saturated rings. The number of hydrogen-bond acceptors (Lipinski definition) is 6. The van der Waals surface area contributed by atoms with Gasteiger partial charge < -0.3 is 18.9 Å². The molecule has 6 nitrogen and oxygen atoms in total. The summed E-state index contributed by atoms with van der Waals surface area (Å²) in [5.41, 5.74) is 0.556. The second-order valence-corrected chi connectivity index (χ2v) is 5.41. The molecule has 1 rings (SSSR count). The summed E-state index contributed by atoms with van der Waals surface area (Å²) in [4.78, 5) is 11.9. The molecule has 0 radical (unpaired) electrons. The molecular weight excluding hydrogens is 310 g/mol. The Morgan fingerprint density at radius 1 is 1.25 bits per heavy atom. The molecule has 0 aromatic heterocycles. The highest BCUT2D eigenvalue weighted by atomic mass is 16.6. The number of carbonyl (C=O) groups is 1. The molecule has 6 heteroatoms. The lowest BCUT2D eigenvalue weighted by Gasteiger charge is -2.13. The monoisotopic (exact) mass is 333 g/mol. The molecule has 1 aromatic rings.